The summed E-state index contributed by atoms with van der Waals surface area (Å²) in [5, 5.41) is 12.0. The predicted molar refractivity (Wildman–Crippen MR) is 129 cm³/mol. The Labute approximate surface area is 199 Å². The minimum absolute atomic E-state index is 0.00699. The molecule has 34 heavy (non-hydrogen) atoms. The van der Waals surface area contributed by atoms with E-state index in [1.54, 1.807) is 11.0 Å². The average Bonchev–Trinajstić information content (AvgIpc) is 2.86. The standard InChI is InChI=1S/C25H32N4O5/c1-4-27(5-2)23(30)19-11-9-18(10-12-19)22(28-13-15-29(16-14-28)25(32)33)20-7-6-8-21(17-20)26-24(31)34-3/h6-12,17,22H,4-5,13-16H2,1-3H3,(H,26,31)(H,32,33). The number of hydrogen-bond donors (Lipinski definition) is 2. The Morgan fingerprint density at radius 1 is 1.00 bits per heavy atom. The molecule has 1 aliphatic heterocycles. The maximum atomic E-state index is 12.7. The van der Waals surface area contributed by atoms with E-state index in [0.29, 0.717) is 50.5 Å². The zero-order valence-corrected chi connectivity index (χ0v) is 19.9. The summed E-state index contributed by atoms with van der Waals surface area (Å²) in [6, 6.07) is 14.9. The molecule has 1 atom stereocenters. The molecule has 9 nitrogen and oxygen atoms in total. The zero-order chi connectivity index (χ0) is 24.7. The molecule has 0 bridgehead atoms. The van der Waals surface area contributed by atoms with Crippen molar-refractivity contribution in [2.24, 2.45) is 0 Å². The van der Waals surface area contributed by atoms with Crippen LogP contribution in [0.5, 0.6) is 0 Å². The molecule has 1 unspecified atom stereocenters. The maximum absolute atomic E-state index is 12.7. The van der Waals surface area contributed by atoms with Crippen LogP contribution in [0.4, 0.5) is 15.3 Å². The summed E-state index contributed by atoms with van der Waals surface area (Å²) in [5.74, 6) is -0.00699. The highest BCUT2D eigenvalue weighted by atomic mass is 16.5. The lowest BCUT2D eigenvalue weighted by Crippen LogP contribution is -2.49. The molecule has 9 heteroatoms. The first kappa shape index (κ1) is 25.0. The summed E-state index contributed by atoms with van der Waals surface area (Å²) in [6.07, 6.45) is -1.47. The van der Waals surface area contributed by atoms with Crippen LogP contribution in [-0.4, -0.2) is 84.3 Å². The monoisotopic (exact) mass is 468 g/mol. The molecule has 1 fully saturated rings. The van der Waals surface area contributed by atoms with Crippen LogP contribution in [0.3, 0.4) is 0 Å². The third-order valence-electron chi connectivity index (χ3n) is 6.11. The first-order valence-corrected chi connectivity index (χ1v) is 11.4. The van der Waals surface area contributed by atoms with Gasteiger partial charge in [0.1, 0.15) is 0 Å². The summed E-state index contributed by atoms with van der Waals surface area (Å²) in [7, 11) is 1.31. The number of ether oxygens (including phenoxy) is 1. The Bertz CT molecular complexity index is 999. The number of amides is 3. The maximum Gasteiger partial charge on any atom is 0.411 e. The lowest BCUT2D eigenvalue weighted by Gasteiger charge is -2.39. The van der Waals surface area contributed by atoms with E-state index in [1.165, 1.54) is 12.0 Å². The summed E-state index contributed by atoms with van der Waals surface area (Å²) in [5.41, 5.74) is 3.16. The largest absolute Gasteiger partial charge is 0.465 e. The summed E-state index contributed by atoms with van der Waals surface area (Å²) in [6.45, 7) is 7.14. The highest BCUT2D eigenvalue weighted by Gasteiger charge is 2.28. The number of benzene rings is 2. The number of nitrogens with zero attached hydrogens (tertiary/aromatic N) is 3. The molecule has 1 heterocycles. The van der Waals surface area contributed by atoms with Gasteiger partial charge in [-0.25, -0.2) is 9.59 Å². The number of hydrogen-bond acceptors (Lipinski definition) is 5. The summed E-state index contributed by atoms with van der Waals surface area (Å²) < 4.78 is 4.71. The molecule has 3 amide bonds. The zero-order valence-electron chi connectivity index (χ0n) is 19.9. The van der Waals surface area contributed by atoms with Crippen LogP contribution >= 0.6 is 0 Å². The predicted octanol–water partition coefficient (Wildman–Crippen LogP) is 3.73. The molecule has 0 radical (unpaired) electrons. The van der Waals surface area contributed by atoms with Crippen LogP contribution < -0.4 is 5.32 Å². The first-order chi connectivity index (χ1) is 16.4. The molecule has 1 saturated heterocycles. The second-order valence-corrected chi connectivity index (χ2v) is 8.05. The fraction of sp³-hybridized carbons (Fsp3) is 0.400. The molecule has 0 aromatic heterocycles. The molecule has 2 aromatic carbocycles. The molecule has 182 valence electrons. The average molecular weight is 469 g/mol. The van der Waals surface area contributed by atoms with Crippen molar-refractivity contribution in [3.63, 3.8) is 0 Å². The van der Waals surface area contributed by atoms with Crippen LogP contribution in [0, 0.1) is 0 Å². The van der Waals surface area contributed by atoms with Crippen LogP contribution in [-0.2, 0) is 4.74 Å². The Morgan fingerprint density at radius 2 is 1.65 bits per heavy atom. The smallest absolute Gasteiger partial charge is 0.411 e. The molecule has 0 saturated carbocycles. The van der Waals surface area contributed by atoms with Crippen LogP contribution in [0.15, 0.2) is 48.5 Å². The lowest BCUT2D eigenvalue weighted by molar-refractivity contribution is 0.0773. The lowest BCUT2D eigenvalue weighted by atomic mass is 9.95. The highest BCUT2D eigenvalue weighted by Crippen LogP contribution is 2.31. The van der Waals surface area contributed by atoms with Gasteiger partial charge in [-0.2, -0.15) is 0 Å². The van der Waals surface area contributed by atoms with E-state index in [0.717, 1.165) is 11.1 Å². The van der Waals surface area contributed by atoms with Crippen LogP contribution in [0.25, 0.3) is 0 Å². The summed E-state index contributed by atoms with van der Waals surface area (Å²) in [4.78, 5) is 41.2. The van der Waals surface area contributed by atoms with Crippen molar-refractivity contribution in [1.82, 2.24) is 14.7 Å². The van der Waals surface area contributed by atoms with Crippen molar-refractivity contribution < 1.29 is 24.2 Å². The van der Waals surface area contributed by atoms with E-state index in [2.05, 4.69) is 10.2 Å². The molecule has 1 aliphatic rings. The Balaban J connectivity index is 1.93. The highest BCUT2D eigenvalue weighted by molar-refractivity contribution is 5.94. The van der Waals surface area contributed by atoms with Crippen molar-refractivity contribution in [3.05, 3.63) is 65.2 Å². The van der Waals surface area contributed by atoms with Gasteiger partial charge in [0.05, 0.1) is 13.2 Å². The van der Waals surface area contributed by atoms with Gasteiger partial charge in [0.25, 0.3) is 5.91 Å². The molecule has 2 aromatic rings. The van der Waals surface area contributed by atoms with Crippen molar-refractivity contribution in [2.45, 2.75) is 19.9 Å². The number of methoxy groups -OCH3 is 1. The van der Waals surface area contributed by atoms with Gasteiger partial charge >= 0.3 is 12.2 Å². The van der Waals surface area contributed by atoms with Crippen molar-refractivity contribution >= 4 is 23.8 Å². The van der Waals surface area contributed by atoms with Crippen molar-refractivity contribution in [1.29, 1.82) is 0 Å². The van der Waals surface area contributed by atoms with Crippen molar-refractivity contribution in [2.75, 3.05) is 51.7 Å². The SMILES string of the molecule is CCN(CC)C(=O)c1ccc(C(c2cccc(NC(=O)OC)c2)N2CCN(C(=O)O)CC2)cc1. The van der Waals surface area contributed by atoms with Gasteiger partial charge in [-0.05, 0) is 49.2 Å². The van der Waals surface area contributed by atoms with Gasteiger partial charge in [0.15, 0.2) is 0 Å². The Kier molecular flexibility index (Phi) is 8.48. The minimum Gasteiger partial charge on any atom is -0.465 e. The number of rotatable bonds is 7. The van der Waals surface area contributed by atoms with Crippen molar-refractivity contribution in [3.8, 4) is 0 Å². The second-order valence-electron chi connectivity index (χ2n) is 8.05. The van der Waals surface area contributed by atoms with E-state index in [-0.39, 0.29) is 11.9 Å². The van der Waals surface area contributed by atoms with Gasteiger partial charge in [-0.1, -0.05) is 24.3 Å². The Hall–Kier alpha value is -3.59. The third kappa shape index (κ3) is 5.85. The van der Waals surface area contributed by atoms with Crippen LogP contribution in [0.2, 0.25) is 0 Å². The van der Waals surface area contributed by atoms with Gasteiger partial charge in [-0.3, -0.25) is 15.0 Å². The number of carbonyl (C=O) groups is 3. The number of carbonyl (C=O) groups excluding carboxylic acids is 2. The molecule has 0 aliphatic carbocycles. The minimum atomic E-state index is -0.917. The number of piperazine rings is 1. The molecule has 2 N–H and O–H groups in total. The van der Waals surface area contributed by atoms with Gasteiger partial charge in [0, 0.05) is 50.5 Å². The number of anilines is 1. The third-order valence-corrected chi connectivity index (χ3v) is 6.11. The molecular weight excluding hydrogens is 436 g/mol. The number of nitrogens with one attached hydrogen (secondary N) is 1. The van der Waals surface area contributed by atoms with Crippen LogP contribution in [0.1, 0.15) is 41.4 Å². The van der Waals surface area contributed by atoms with E-state index in [1.807, 2.05) is 56.3 Å². The summed E-state index contributed by atoms with van der Waals surface area (Å²) >= 11 is 0. The fourth-order valence-corrected chi connectivity index (χ4v) is 4.24. The van der Waals surface area contributed by atoms with Gasteiger partial charge in [-0.15, -0.1) is 0 Å². The van der Waals surface area contributed by atoms with E-state index in [4.69, 9.17) is 4.74 Å². The molecular formula is C25H32N4O5. The van der Waals surface area contributed by atoms with E-state index in [9.17, 15) is 19.5 Å². The van der Waals surface area contributed by atoms with Gasteiger partial charge < -0.3 is 19.6 Å². The second kappa shape index (κ2) is 11.5. The van der Waals surface area contributed by atoms with E-state index < -0.39 is 12.2 Å². The first-order valence-electron chi connectivity index (χ1n) is 11.4. The normalized spacial score (nSPS) is 14.9. The quantitative estimate of drug-likeness (QED) is 0.642. The fourth-order valence-electron chi connectivity index (χ4n) is 4.24. The Morgan fingerprint density at radius 3 is 2.21 bits per heavy atom. The molecule has 0 spiro atoms. The van der Waals surface area contributed by atoms with E-state index >= 15 is 0 Å². The number of carboxylic acid groups (broad SMARTS) is 1. The van der Waals surface area contributed by atoms with Gasteiger partial charge in [0.2, 0.25) is 0 Å². The topological polar surface area (TPSA) is 102 Å². The molecule has 3 rings (SSSR count).